The minimum Gasteiger partial charge on any atom is -0.389 e. The highest BCUT2D eigenvalue weighted by molar-refractivity contribution is 7.10. The van der Waals surface area contributed by atoms with Crippen LogP contribution in [0.5, 0.6) is 0 Å². The molecule has 1 aromatic heterocycles. The van der Waals surface area contributed by atoms with Gasteiger partial charge in [0.1, 0.15) is 0 Å². The van der Waals surface area contributed by atoms with Crippen LogP contribution in [0.3, 0.4) is 0 Å². The fourth-order valence-electron chi connectivity index (χ4n) is 1.47. The van der Waals surface area contributed by atoms with E-state index in [1.54, 1.807) is 11.3 Å². The molecule has 1 aromatic rings. The number of hydrogen-bond acceptors (Lipinski definition) is 3. The van der Waals surface area contributed by atoms with Crippen molar-refractivity contribution >= 4 is 11.3 Å². The van der Waals surface area contributed by atoms with E-state index in [4.69, 9.17) is 0 Å². The zero-order valence-electron chi connectivity index (χ0n) is 10.7. The third-order valence-corrected chi connectivity index (χ3v) is 4.19. The molecule has 0 saturated heterocycles. The van der Waals surface area contributed by atoms with Gasteiger partial charge in [0.05, 0.1) is 5.60 Å². The molecule has 0 saturated carbocycles. The molecular weight excluding hydrogens is 218 g/mol. The number of thiophene rings is 1. The Hall–Kier alpha value is -0.380. The second-order valence-electron chi connectivity index (χ2n) is 4.84. The summed E-state index contributed by atoms with van der Waals surface area (Å²) >= 11 is 1.79. The van der Waals surface area contributed by atoms with Crippen LogP contribution in [0.25, 0.3) is 0 Å². The minimum atomic E-state index is -0.621. The standard InChI is InChI=1S/C13H23NOS/c1-5-11-6-7-16-12(11)8-14-9-13(4,15)10(2)3/h6-7,10,14-15H,5,8-9H2,1-4H3. The zero-order valence-corrected chi connectivity index (χ0v) is 11.5. The van der Waals surface area contributed by atoms with Crippen molar-refractivity contribution < 1.29 is 5.11 Å². The minimum absolute atomic E-state index is 0.272. The molecule has 0 radical (unpaired) electrons. The third kappa shape index (κ3) is 3.58. The van der Waals surface area contributed by atoms with Gasteiger partial charge in [-0.25, -0.2) is 0 Å². The molecule has 92 valence electrons. The number of hydrogen-bond donors (Lipinski definition) is 2. The van der Waals surface area contributed by atoms with Gasteiger partial charge in [-0.15, -0.1) is 11.3 Å². The van der Waals surface area contributed by atoms with E-state index >= 15 is 0 Å². The first-order chi connectivity index (χ1) is 7.47. The first-order valence-corrected chi connectivity index (χ1v) is 6.83. The number of nitrogens with one attached hydrogen (secondary N) is 1. The fourth-order valence-corrected chi connectivity index (χ4v) is 2.42. The van der Waals surface area contributed by atoms with E-state index in [2.05, 4.69) is 23.7 Å². The molecule has 0 aliphatic carbocycles. The van der Waals surface area contributed by atoms with E-state index in [0.29, 0.717) is 6.54 Å². The maximum absolute atomic E-state index is 10.1. The van der Waals surface area contributed by atoms with Gasteiger partial charge in [0.15, 0.2) is 0 Å². The Labute approximate surface area is 103 Å². The summed E-state index contributed by atoms with van der Waals surface area (Å²) in [6.45, 7) is 9.67. The van der Waals surface area contributed by atoms with Crippen LogP contribution in [0.15, 0.2) is 11.4 Å². The van der Waals surface area contributed by atoms with E-state index in [1.165, 1.54) is 10.4 Å². The molecule has 0 amide bonds. The molecular formula is C13H23NOS. The van der Waals surface area contributed by atoms with Gasteiger partial charge >= 0.3 is 0 Å². The van der Waals surface area contributed by atoms with Crippen molar-refractivity contribution in [3.63, 3.8) is 0 Å². The number of rotatable bonds is 6. The van der Waals surface area contributed by atoms with Crippen LogP contribution in [0.4, 0.5) is 0 Å². The molecule has 1 heterocycles. The van der Waals surface area contributed by atoms with Gasteiger partial charge in [-0.2, -0.15) is 0 Å². The number of aliphatic hydroxyl groups is 1. The van der Waals surface area contributed by atoms with Gasteiger partial charge in [-0.3, -0.25) is 0 Å². The molecule has 0 aromatic carbocycles. The second-order valence-corrected chi connectivity index (χ2v) is 5.84. The van der Waals surface area contributed by atoms with Crippen molar-refractivity contribution in [1.82, 2.24) is 5.32 Å². The summed E-state index contributed by atoms with van der Waals surface area (Å²) in [6, 6.07) is 2.18. The first-order valence-electron chi connectivity index (χ1n) is 5.95. The topological polar surface area (TPSA) is 32.3 Å². The Morgan fingerprint density at radius 1 is 1.50 bits per heavy atom. The third-order valence-electron chi connectivity index (χ3n) is 3.23. The average Bonchev–Trinajstić information content (AvgIpc) is 2.64. The van der Waals surface area contributed by atoms with Crippen LogP contribution >= 0.6 is 11.3 Å². The normalized spacial score (nSPS) is 15.4. The summed E-state index contributed by atoms with van der Waals surface area (Å²) in [5.41, 5.74) is 0.797. The SMILES string of the molecule is CCc1ccsc1CNCC(C)(O)C(C)C. The Bertz CT molecular complexity index is 317. The van der Waals surface area contributed by atoms with Crippen molar-refractivity contribution in [2.24, 2.45) is 5.92 Å². The summed E-state index contributed by atoms with van der Waals surface area (Å²) in [7, 11) is 0. The van der Waals surface area contributed by atoms with Gasteiger partial charge in [0.25, 0.3) is 0 Å². The molecule has 0 aliphatic rings. The van der Waals surface area contributed by atoms with Crippen molar-refractivity contribution in [3.8, 4) is 0 Å². The van der Waals surface area contributed by atoms with E-state index < -0.39 is 5.60 Å². The number of aryl methyl sites for hydroxylation is 1. The molecule has 1 rings (SSSR count). The van der Waals surface area contributed by atoms with Gasteiger partial charge < -0.3 is 10.4 Å². The monoisotopic (exact) mass is 241 g/mol. The quantitative estimate of drug-likeness (QED) is 0.802. The van der Waals surface area contributed by atoms with Crippen molar-refractivity contribution in [1.29, 1.82) is 0 Å². The largest absolute Gasteiger partial charge is 0.389 e. The van der Waals surface area contributed by atoms with E-state index in [0.717, 1.165) is 13.0 Å². The lowest BCUT2D eigenvalue weighted by Gasteiger charge is -2.27. The predicted octanol–water partition coefficient (Wildman–Crippen LogP) is 2.81. The average molecular weight is 241 g/mol. The molecule has 2 nitrogen and oxygen atoms in total. The van der Waals surface area contributed by atoms with Crippen molar-refractivity contribution in [2.75, 3.05) is 6.54 Å². The maximum atomic E-state index is 10.1. The van der Waals surface area contributed by atoms with Crippen LogP contribution in [-0.2, 0) is 13.0 Å². The van der Waals surface area contributed by atoms with Crippen molar-refractivity contribution in [2.45, 2.75) is 46.3 Å². The van der Waals surface area contributed by atoms with Gasteiger partial charge in [-0.1, -0.05) is 20.8 Å². The Balaban J connectivity index is 2.41. The second kappa shape index (κ2) is 5.80. The summed E-state index contributed by atoms with van der Waals surface area (Å²) in [4.78, 5) is 1.39. The highest BCUT2D eigenvalue weighted by atomic mass is 32.1. The first kappa shape index (κ1) is 13.7. The van der Waals surface area contributed by atoms with Gasteiger partial charge in [-0.05, 0) is 36.3 Å². The summed E-state index contributed by atoms with van der Waals surface area (Å²) in [5.74, 6) is 0.272. The molecule has 1 atom stereocenters. The Kier molecular flexibility index (Phi) is 4.96. The van der Waals surface area contributed by atoms with E-state index in [-0.39, 0.29) is 5.92 Å². The van der Waals surface area contributed by atoms with Gasteiger partial charge in [0, 0.05) is 18.0 Å². The van der Waals surface area contributed by atoms with E-state index in [1.807, 2.05) is 20.8 Å². The fraction of sp³-hybridized carbons (Fsp3) is 0.692. The zero-order chi connectivity index (χ0) is 12.2. The molecule has 2 N–H and O–H groups in total. The lowest BCUT2D eigenvalue weighted by Crippen LogP contribution is -2.41. The lowest BCUT2D eigenvalue weighted by molar-refractivity contribution is 0.0140. The van der Waals surface area contributed by atoms with E-state index in [9.17, 15) is 5.11 Å². The maximum Gasteiger partial charge on any atom is 0.0766 e. The molecule has 0 aliphatic heterocycles. The van der Waals surface area contributed by atoms with Gasteiger partial charge in [0.2, 0.25) is 0 Å². The smallest absolute Gasteiger partial charge is 0.0766 e. The lowest BCUT2D eigenvalue weighted by atomic mass is 9.92. The van der Waals surface area contributed by atoms with Crippen LogP contribution < -0.4 is 5.32 Å². The molecule has 0 bridgehead atoms. The highest BCUT2D eigenvalue weighted by Gasteiger charge is 2.24. The van der Waals surface area contributed by atoms with Crippen LogP contribution in [0, 0.1) is 5.92 Å². The molecule has 1 unspecified atom stereocenters. The molecule has 0 spiro atoms. The molecule has 0 fully saturated rings. The molecule has 3 heteroatoms. The highest BCUT2D eigenvalue weighted by Crippen LogP contribution is 2.18. The predicted molar refractivity (Wildman–Crippen MR) is 70.9 cm³/mol. The molecule has 16 heavy (non-hydrogen) atoms. The summed E-state index contributed by atoms with van der Waals surface area (Å²) < 4.78 is 0. The summed E-state index contributed by atoms with van der Waals surface area (Å²) in [6.07, 6.45) is 1.08. The van der Waals surface area contributed by atoms with Crippen molar-refractivity contribution in [3.05, 3.63) is 21.9 Å². The van der Waals surface area contributed by atoms with Crippen LogP contribution in [-0.4, -0.2) is 17.3 Å². The Morgan fingerprint density at radius 2 is 2.19 bits per heavy atom. The summed E-state index contributed by atoms with van der Waals surface area (Å²) in [5, 5.41) is 15.6. The van der Waals surface area contributed by atoms with Crippen LogP contribution in [0.2, 0.25) is 0 Å². The Morgan fingerprint density at radius 3 is 2.75 bits per heavy atom. The van der Waals surface area contributed by atoms with Crippen LogP contribution in [0.1, 0.15) is 38.1 Å².